The van der Waals surface area contributed by atoms with E-state index in [4.69, 9.17) is 13.6 Å². The molecule has 0 saturated heterocycles. The summed E-state index contributed by atoms with van der Waals surface area (Å²) >= 11 is 0. The average Bonchev–Trinajstić information content (AvgIpc) is 2.43. The second-order valence-corrected chi connectivity index (χ2v) is 10.3. The van der Waals surface area contributed by atoms with Crippen LogP contribution in [0.5, 0.6) is 5.75 Å². The molecule has 0 amide bonds. The summed E-state index contributed by atoms with van der Waals surface area (Å²) in [5.74, 6) is 0.663. The molecule has 1 aromatic carbocycles. The van der Waals surface area contributed by atoms with Crippen molar-refractivity contribution in [2.75, 3.05) is 27.1 Å². The first-order valence-electron chi connectivity index (χ1n) is 6.34. The molecule has 0 unspecified atom stereocenters. The minimum atomic E-state index is -3.15. The Morgan fingerprint density at radius 2 is 1.65 bits per heavy atom. The van der Waals surface area contributed by atoms with Gasteiger partial charge < -0.3 is 13.6 Å². The van der Waals surface area contributed by atoms with Crippen LogP contribution < -0.4 is 4.74 Å². The van der Waals surface area contributed by atoms with Gasteiger partial charge in [-0.25, -0.2) is 8.42 Å². The molecule has 0 aromatic heterocycles. The number of hydrogen-bond acceptors (Lipinski definition) is 5. The molecule has 0 aliphatic heterocycles. The molecule has 114 valence electrons. The largest absolute Gasteiger partial charge is 0.494 e. The fraction of sp³-hybridized carbons (Fsp3) is 0.538. The minimum Gasteiger partial charge on any atom is -0.494 e. The maximum atomic E-state index is 11.3. The zero-order valence-electron chi connectivity index (χ0n) is 12.4. The van der Waals surface area contributed by atoms with E-state index in [1.165, 1.54) is 6.26 Å². The van der Waals surface area contributed by atoms with Gasteiger partial charge >= 0.3 is 8.56 Å². The summed E-state index contributed by atoms with van der Waals surface area (Å²) in [5.41, 5.74) is 0. The Morgan fingerprint density at radius 1 is 1.10 bits per heavy atom. The van der Waals surface area contributed by atoms with Crippen LogP contribution in [0.15, 0.2) is 29.2 Å². The molecule has 20 heavy (non-hydrogen) atoms. The quantitative estimate of drug-likeness (QED) is 0.543. The molecule has 1 rings (SSSR count). The molecule has 0 atom stereocenters. The lowest BCUT2D eigenvalue weighted by molar-refractivity contribution is 0.241. The molecule has 0 N–H and O–H groups in total. The highest BCUT2D eigenvalue weighted by Crippen LogP contribution is 2.17. The third-order valence-corrected chi connectivity index (χ3v) is 7.28. The highest BCUT2D eigenvalue weighted by atomic mass is 32.2. The predicted octanol–water partition coefficient (Wildman–Crippen LogP) is 2.22. The Balaban J connectivity index is 2.44. The lowest BCUT2D eigenvalue weighted by Crippen LogP contribution is -2.36. The number of ether oxygens (including phenoxy) is 1. The van der Waals surface area contributed by atoms with Gasteiger partial charge in [0.1, 0.15) is 5.75 Å². The maximum absolute atomic E-state index is 11.3. The van der Waals surface area contributed by atoms with Crippen molar-refractivity contribution in [3.8, 4) is 5.75 Å². The van der Waals surface area contributed by atoms with Gasteiger partial charge in [-0.15, -0.1) is 0 Å². The van der Waals surface area contributed by atoms with E-state index in [1.807, 2.05) is 6.55 Å². The zero-order valence-corrected chi connectivity index (χ0v) is 14.2. The van der Waals surface area contributed by atoms with Crippen LogP contribution in [0.25, 0.3) is 0 Å². The molecular formula is C13H22O5SSi. The third kappa shape index (κ3) is 5.24. The van der Waals surface area contributed by atoms with Crippen molar-refractivity contribution < 1.29 is 22.0 Å². The molecule has 0 bridgehead atoms. The van der Waals surface area contributed by atoms with Crippen molar-refractivity contribution in [1.29, 1.82) is 0 Å². The first kappa shape index (κ1) is 17.2. The van der Waals surface area contributed by atoms with Gasteiger partial charge in [-0.1, -0.05) is 0 Å². The van der Waals surface area contributed by atoms with Crippen molar-refractivity contribution in [2.24, 2.45) is 0 Å². The first-order valence-corrected chi connectivity index (χ1v) is 10.8. The Bertz CT molecular complexity index is 508. The lowest BCUT2D eigenvalue weighted by atomic mass is 10.3. The predicted molar refractivity (Wildman–Crippen MR) is 80.1 cm³/mol. The minimum absolute atomic E-state index is 0.295. The molecule has 0 fully saturated rings. The average molecular weight is 318 g/mol. The maximum Gasteiger partial charge on any atom is 0.334 e. The van der Waals surface area contributed by atoms with Crippen molar-refractivity contribution in [1.82, 2.24) is 0 Å². The Labute approximate surface area is 122 Å². The van der Waals surface area contributed by atoms with Gasteiger partial charge in [-0.05, 0) is 43.3 Å². The summed E-state index contributed by atoms with van der Waals surface area (Å²) in [6.07, 6.45) is 2.02. The van der Waals surface area contributed by atoms with Crippen LogP contribution in [0.4, 0.5) is 0 Å². The monoisotopic (exact) mass is 318 g/mol. The van der Waals surface area contributed by atoms with Crippen LogP contribution in [0.3, 0.4) is 0 Å². The summed E-state index contributed by atoms with van der Waals surface area (Å²) in [6, 6.07) is 7.28. The van der Waals surface area contributed by atoms with Crippen LogP contribution in [-0.2, 0) is 18.7 Å². The lowest BCUT2D eigenvalue weighted by Gasteiger charge is -2.22. The summed E-state index contributed by atoms with van der Waals surface area (Å²) in [5, 5.41) is 0. The van der Waals surface area contributed by atoms with Crippen molar-refractivity contribution in [3.05, 3.63) is 24.3 Å². The van der Waals surface area contributed by atoms with Gasteiger partial charge in [0, 0.05) is 20.5 Å². The van der Waals surface area contributed by atoms with E-state index in [1.54, 1.807) is 38.5 Å². The standard InChI is InChI=1S/C13H22O5SSi/c1-16-20(4,17-2)11-5-10-18-12-6-8-13(9-7-12)19(3,14)15/h6-9H,5,10-11H2,1-4H3. The Morgan fingerprint density at radius 3 is 2.10 bits per heavy atom. The van der Waals surface area contributed by atoms with E-state index in [-0.39, 0.29) is 0 Å². The first-order chi connectivity index (χ1) is 9.30. The number of rotatable bonds is 8. The topological polar surface area (TPSA) is 61.8 Å². The second-order valence-electron chi connectivity index (χ2n) is 4.74. The molecule has 1 aromatic rings. The van der Waals surface area contributed by atoms with Crippen LogP contribution in [-0.4, -0.2) is 44.1 Å². The number of hydrogen-bond donors (Lipinski definition) is 0. The van der Waals surface area contributed by atoms with Gasteiger partial charge in [0.15, 0.2) is 9.84 Å². The molecule has 0 aliphatic rings. The Kier molecular flexibility index (Phi) is 6.19. The van der Waals surface area contributed by atoms with Crippen molar-refractivity contribution in [3.63, 3.8) is 0 Å². The summed E-state index contributed by atoms with van der Waals surface area (Å²) in [4.78, 5) is 0.295. The van der Waals surface area contributed by atoms with Gasteiger partial charge in [0.2, 0.25) is 0 Å². The SMILES string of the molecule is CO[Si](C)(CCCOc1ccc(S(C)(=O)=O)cc1)OC. The molecule has 0 saturated carbocycles. The molecule has 0 aliphatic carbocycles. The number of benzene rings is 1. The molecule has 5 nitrogen and oxygen atoms in total. The van der Waals surface area contributed by atoms with Crippen molar-refractivity contribution in [2.45, 2.75) is 23.9 Å². The van der Waals surface area contributed by atoms with E-state index in [2.05, 4.69) is 0 Å². The molecular weight excluding hydrogens is 296 g/mol. The van der Waals surface area contributed by atoms with Gasteiger partial charge in [-0.3, -0.25) is 0 Å². The normalized spacial score (nSPS) is 12.4. The van der Waals surface area contributed by atoms with Gasteiger partial charge in [-0.2, -0.15) is 0 Å². The highest BCUT2D eigenvalue weighted by molar-refractivity contribution is 7.90. The van der Waals surface area contributed by atoms with Crippen LogP contribution >= 0.6 is 0 Å². The fourth-order valence-corrected chi connectivity index (χ4v) is 3.65. The summed E-state index contributed by atoms with van der Waals surface area (Å²) in [6.45, 7) is 2.56. The molecule has 0 spiro atoms. The van der Waals surface area contributed by atoms with Crippen molar-refractivity contribution >= 4 is 18.4 Å². The molecule has 0 radical (unpaired) electrons. The zero-order chi connectivity index (χ0) is 15.2. The van der Waals surface area contributed by atoms with E-state index in [0.717, 1.165) is 12.5 Å². The Hall–Kier alpha value is -0.893. The smallest absolute Gasteiger partial charge is 0.334 e. The summed E-state index contributed by atoms with van der Waals surface area (Å²) < 4.78 is 39.0. The van der Waals surface area contributed by atoms with Crippen LogP contribution in [0.2, 0.25) is 12.6 Å². The van der Waals surface area contributed by atoms with E-state index in [0.29, 0.717) is 17.3 Å². The van der Waals surface area contributed by atoms with Crippen LogP contribution in [0, 0.1) is 0 Å². The molecule has 7 heteroatoms. The van der Waals surface area contributed by atoms with Crippen LogP contribution in [0.1, 0.15) is 6.42 Å². The third-order valence-electron chi connectivity index (χ3n) is 3.16. The second kappa shape index (κ2) is 7.21. The fourth-order valence-electron chi connectivity index (χ4n) is 1.65. The molecule has 0 heterocycles. The van der Waals surface area contributed by atoms with E-state index < -0.39 is 18.4 Å². The van der Waals surface area contributed by atoms with Gasteiger partial charge in [0.25, 0.3) is 0 Å². The highest BCUT2D eigenvalue weighted by Gasteiger charge is 2.27. The summed E-state index contributed by atoms with van der Waals surface area (Å²) in [7, 11) is -1.85. The van der Waals surface area contributed by atoms with Gasteiger partial charge in [0.05, 0.1) is 11.5 Å². The van der Waals surface area contributed by atoms with E-state index in [9.17, 15) is 8.42 Å². The number of sulfone groups is 1. The van der Waals surface area contributed by atoms with E-state index >= 15 is 0 Å².